The third kappa shape index (κ3) is 4.56. The van der Waals surface area contributed by atoms with Gasteiger partial charge in [-0.1, -0.05) is 26.2 Å². The van der Waals surface area contributed by atoms with E-state index in [2.05, 4.69) is 17.3 Å². The van der Waals surface area contributed by atoms with Gasteiger partial charge in [-0.05, 0) is 33.1 Å². The smallest absolute Gasteiger partial charge is 0.342 e. The molecule has 1 fully saturated rings. The van der Waals surface area contributed by atoms with E-state index in [9.17, 15) is 9.59 Å². The van der Waals surface area contributed by atoms with Gasteiger partial charge in [0, 0.05) is 12.6 Å². The Labute approximate surface area is 137 Å². The second kappa shape index (κ2) is 8.13. The molecule has 1 aromatic heterocycles. The molecule has 0 saturated heterocycles. The van der Waals surface area contributed by atoms with Crippen molar-refractivity contribution in [2.45, 2.75) is 71.9 Å². The third-order valence-electron chi connectivity index (χ3n) is 4.33. The molecule has 1 N–H and O–H groups in total. The van der Waals surface area contributed by atoms with Crippen LogP contribution in [0.25, 0.3) is 0 Å². The van der Waals surface area contributed by atoms with E-state index in [1.54, 1.807) is 6.92 Å². The summed E-state index contributed by atoms with van der Waals surface area (Å²) >= 11 is 0. The van der Waals surface area contributed by atoms with E-state index < -0.39 is 5.97 Å². The predicted molar refractivity (Wildman–Crippen MR) is 87.3 cm³/mol. The van der Waals surface area contributed by atoms with Crippen molar-refractivity contribution in [1.82, 2.24) is 15.1 Å². The number of aromatic nitrogens is 2. The molecule has 0 radical (unpaired) electrons. The number of hydrogen-bond acceptors (Lipinski definition) is 4. The van der Waals surface area contributed by atoms with Crippen LogP contribution in [-0.4, -0.2) is 34.3 Å². The first-order chi connectivity index (χ1) is 11.0. The topological polar surface area (TPSA) is 73.2 Å². The van der Waals surface area contributed by atoms with Crippen LogP contribution < -0.4 is 5.32 Å². The van der Waals surface area contributed by atoms with Crippen LogP contribution in [-0.2, 0) is 16.1 Å². The number of rotatable bonds is 6. The van der Waals surface area contributed by atoms with E-state index in [-0.39, 0.29) is 18.6 Å². The fourth-order valence-corrected chi connectivity index (χ4v) is 3.14. The summed E-state index contributed by atoms with van der Waals surface area (Å²) in [4.78, 5) is 24.2. The molecule has 1 amide bonds. The van der Waals surface area contributed by atoms with Gasteiger partial charge in [0.2, 0.25) is 0 Å². The lowest BCUT2D eigenvalue weighted by Crippen LogP contribution is -2.38. The van der Waals surface area contributed by atoms with Crippen LogP contribution in [0.3, 0.4) is 0 Å². The molecule has 0 spiro atoms. The van der Waals surface area contributed by atoms with Crippen molar-refractivity contribution in [2.75, 3.05) is 6.61 Å². The summed E-state index contributed by atoms with van der Waals surface area (Å²) < 4.78 is 6.99. The van der Waals surface area contributed by atoms with Gasteiger partial charge in [0.1, 0.15) is 5.56 Å². The zero-order valence-corrected chi connectivity index (χ0v) is 14.4. The number of carbonyl (C=O) groups excluding carboxylic acids is 2. The lowest BCUT2D eigenvalue weighted by atomic mass is 9.95. The van der Waals surface area contributed by atoms with E-state index in [4.69, 9.17) is 4.74 Å². The molecule has 0 aliphatic heterocycles. The fraction of sp³-hybridized carbons (Fsp3) is 0.706. The first-order valence-electron chi connectivity index (χ1n) is 8.53. The average Bonchev–Trinajstić information content (AvgIpc) is 2.81. The Morgan fingerprint density at radius 2 is 1.96 bits per heavy atom. The van der Waals surface area contributed by atoms with Crippen LogP contribution in [0, 0.1) is 13.8 Å². The first kappa shape index (κ1) is 17.5. The molecule has 128 valence electrons. The van der Waals surface area contributed by atoms with Gasteiger partial charge in [-0.3, -0.25) is 9.48 Å². The fourth-order valence-electron chi connectivity index (χ4n) is 3.14. The molecule has 2 rings (SSSR count). The van der Waals surface area contributed by atoms with Gasteiger partial charge in [0.25, 0.3) is 5.91 Å². The number of carbonyl (C=O) groups is 2. The van der Waals surface area contributed by atoms with E-state index in [0.29, 0.717) is 11.3 Å². The van der Waals surface area contributed by atoms with Gasteiger partial charge < -0.3 is 10.1 Å². The predicted octanol–water partition coefficient (Wildman–Crippen LogP) is 2.52. The molecule has 1 aromatic rings. The zero-order valence-electron chi connectivity index (χ0n) is 14.4. The van der Waals surface area contributed by atoms with Gasteiger partial charge in [-0.2, -0.15) is 5.10 Å². The molecule has 1 aliphatic carbocycles. The maximum Gasteiger partial charge on any atom is 0.342 e. The summed E-state index contributed by atoms with van der Waals surface area (Å²) in [6.45, 7) is 6.24. The van der Waals surface area contributed by atoms with E-state index in [1.165, 1.54) is 6.42 Å². The van der Waals surface area contributed by atoms with Crippen molar-refractivity contribution in [2.24, 2.45) is 0 Å². The molecule has 0 bridgehead atoms. The molecule has 0 unspecified atom stereocenters. The number of nitrogens with one attached hydrogen (secondary N) is 1. The standard InChI is InChI=1S/C17H27N3O3/c1-4-10-20-13(3)16(12(2)19-20)17(22)23-11-15(21)18-14-8-6-5-7-9-14/h14H,4-11H2,1-3H3,(H,18,21). The highest BCUT2D eigenvalue weighted by Crippen LogP contribution is 2.17. The normalized spacial score (nSPS) is 15.4. The van der Waals surface area contributed by atoms with E-state index >= 15 is 0 Å². The number of nitrogens with zero attached hydrogens (tertiary/aromatic N) is 2. The largest absolute Gasteiger partial charge is 0.452 e. The van der Waals surface area contributed by atoms with Crippen LogP contribution in [0.2, 0.25) is 0 Å². The van der Waals surface area contributed by atoms with Crippen molar-refractivity contribution in [1.29, 1.82) is 0 Å². The summed E-state index contributed by atoms with van der Waals surface area (Å²) in [5.41, 5.74) is 1.92. The van der Waals surface area contributed by atoms with Crippen molar-refractivity contribution in [3.05, 3.63) is 17.0 Å². The molecule has 0 aromatic carbocycles. The Balaban J connectivity index is 1.88. The molecule has 6 nitrogen and oxygen atoms in total. The van der Waals surface area contributed by atoms with Crippen molar-refractivity contribution < 1.29 is 14.3 Å². The maximum atomic E-state index is 12.2. The number of hydrogen-bond donors (Lipinski definition) is 1. The van der Waals surface area contributed by atoms with Crippen molar-refractivity contribution >= 4 is 11.9 Å². The number of aryl methyl sites for hydroxylation is 2. The monoisotopic (exact) mass is 321 g/mol. The molecule has 0 atom stereocenters. The van der Waals surface area contributed by atoms with Gasteiger partial charge in [-0.25, -0.2) is 4.79 Å². The molecular weight excluding hydrogens is 294 g/mol. The summed E-state index contributed by atoms with van der Waals surface area (Å²) in [5.74, 6) is -0.692. The second-order valence-corrected chi connectivity index (χ2v) is 6.25. The molecule has 6 heteroatoms. The van der Waals surface area contributed by atoms with Gasteiger partial charge >= 0.3 is 5.97 Å². The highest BCUT2D eigenvalue weighted by molar-refractivity contribution is 5.93. The summed E-state index contributed by atoms with van der Waals surface area (Å²) in [6, 6.07) is 0.228. The minimum absolute atomic E-state index is 0.221. The summed E-state index contributed by atoms with van der Waals surface area (Å²) in [6.07, 6.45) is 6.52. The summed E-state index contributed by atoms with van der Waals surface area (Å²) in [5, 5.41) is 7.30. The van der Waals surface area contributed by atoms with Crippen LogP contribution in [0.4, 0.5) is 0 Å². The molecular formula is C17H27N3O3. The number of esters is 1. The van der Waals surface area contributed by atoms with E-state index in [1.807, 2.05) is 11.6 Å². The average molecular weight is 321 g/mol. The van der Waals surface area contributed by atoms with Crippen LogP contribution in [0.15, 0.2) is 0 Å². The van der Waals surface area contributed by atoms with Crippen LogP contribution >= 0.6 is 0 Å². The Kier molecular flexibility index (Phi) is 6.19. The second-order valence-electron chi connectivity index (χ2n) is 6.25. The molecule has 1 heterocycles. The van der Waals surface area contributed by atoms with Gasteiger partial charge in [0.05, 0.1) is 11.4 Å². The van der Waals surface area contributed by atoms with E-state index in [0.717, 1.165) is 44.3 Å². The maximum absolute atomic E-state index is 12.2. The Morgan fingerprint density at radius 1 is 1.26 bits per heavy atom. The first-order valence-corrected chi connectivity index (χ1v) is 8.53. The Morgan fingerprint density at radius 3 is 2.61 bits per heavy atom. The number of amides is 1. The lowest BCUT2D eigenvalue weighted by Gasteiger charge is -2.22. The minimum Gasteiger partial charge on any atom is -0.452 e. The third-order valence-corrected chi connectivity index (χ3v) is 4.33. The minimum atomic E-state index is -0.471. The van der Waals surface area contributed by atoms with Crippen molar-refractivity contribution in [3.63, 3.8) is 0 Å². The van der Waals surface area contributed by atoms with Crippen LogP contribution in [0.5, 0.6) is 0 Å². The highest BCUT2D eigenvalue weighted by atomic mass is 16.5. The SMILES string of the molecule is CCCn1nc(C)c(C(=O)OCC(=O)NC2CCCCC2)c1C. The zero-order chi connectivity index (χ0) is 16.8. The quantitative estimate of drug-likeness (QED) is 0.817. The molecule has 1 saturated carbocycles. The summed E-state index contributed by atoms with van der Waals surface area (Å²) in [7, 11) is 0. The Bertz CT molecular complexity index is 560. The number of ether oxygens (including phenoxy) is 1. The van der Waals surface area contributed by atoms with Gasteiger partial charge in [0.15, 0.2) is 6.61 Å². The van der Waals surface area contributed by atoms with Crippen LogP contribution in [0.1, 0.15) is 67.2 Å². The lowest BCUT2D eigenvalue weighted by molar-refractivity contribution is -0.125. The molecule has 23 heavy (non-hydrogen) atoms. The Hall–Kier alpha value is -1.85. The van der Waals surface area contributed by atoms with Crippen molar-refractivity contribution in [3.8, 4) is 0 Å². The molecule has 1 aliphatic rings. The van der Waals surface area contributed by atoms with Gasteiger partial charge in [-0.15, -0.1) is 0 Å². The highest BCUT2D eigenvalue weighted by Gasteiger charge is 2.21.